The van der Waals surface area contributed by atoms with Crippen LogP contribution < -0.4 is 10.1 Å². The molecule has 0 bridgehead atoms. The molecule has 1 unspecified atom stereocenters. The second-order valence-corrected chi connectivity index (χ2v) is 8.16. The van der Waals surface area contributed by atoms with E-state index in [1.807, 2.05) is 36.4 Å². The van der Waals surface area contributed by atoms with E-state index in [0.29, 0.717) is 41.9 Å². The van der Waals surface area contributed by atoms with Crippen molar-refractivity contribution in [3.8, 4) is 22.9 Å². The van der Waals surface area contributed by atoms with E-state index in [4.69, 9.17) is 14.2 Å². The first-order chi connectivity index (χ1) is 17.2. The van der Waals surface area contributed by atoms with Crippen LogP contribution in [-0.2, 0) is 9.47 Å². The zero-order valence-corrected chi connectivity index (χ0v) is 20.0. The standard InChI is InChI=1S/C27H29N5O3/c1-3-22(10-13-33-2)35-24-8-7-19(14-21(24)16-28)20-9-11-30-26(15-20)32-27-18-29-17-23(31-27)25-6-4-5-12-34-25/h6-9,11,14-15,17-18,22H,3-5,10,12-13H2,1-2H3,(H,30,31,32). The van der Waals surface area contributed by atoms with Crippen molar-refractivity contribution >= 4 is 17.4 Å². The van der Waals surface area contributed by atoms with Gasteiger partial charge in [0.05, 0.1) is 24.6 Å². The Morgan fingerprint density at radius 1 is 1.17 bits per heavy atom. The molecule has 8 nitrogen and oxygen atoms in total. The van der Waals surface area contributed by atoms with Crippen LogP contribution >= 0.6 is 0 Å². The third kappa shape index (κ3) is 6.34. The first-order valence-corrected chi connectivity index (χ1v) is 11.8. The second kappa shape index (κ2) is 12.0. The molecule has 8 heteroatoms. The summed E-state index contributed by atoms with van der Waals surface area (Å²) < 4.78 is 16.9. The SMILES string of the molecule is CCC(CCOC)Oc1ccc(-c2ccnc(Nc3cncc(C4=CCCCO4)n3)c2)cc1C#N. The van der Waals surface area contributed by atoms with Gasteiger partial charge in [0.25, 0.3) is 0 Å². The Kier molecular flexibility index (Phi) is 8.25. The predicted octanol–water partition coefficient (Wildman–Crippen LogP) is 5.50. The molecule has 0 amide bonds. The number of allylic oxidation sites excluding steroid dienone is 1. The highest BCUT2D eigenvalue weighted by atomic mass is 16.5. The number of pyridine rings is 1. The Labute approximate surface area is 205 Å². The average Bonchev–Trinajstić information content (AvgIpc) is 2.92. The van der Waals surface area contributed by atoms with Crippen LogP contribution in [0, 0.1) is 11.3 Å². The average molecular weight is 472 g/mol. The van der Waals surface area contributed by atoms with Gasteiger partial charge in [-0.2, -0.15) is 5.26 Å². The van der Waals surface area contributed by atoms with Crippen LogP contribution in [0.15, 0.2) is 55.0 Å². The van der Waals surface area contributed by atoms with Crippen molar-refractivity contribution in [3.05, 3.63) is 66.3 Å². The van der Waals surface area contributed by atoms with Crippen molar-refractivity contribution in [2.75, 3.05) is 25.6 Å². The number of hydrogen-bond acceptors (Lipinski definition) is 8. The van der Waals surface area contributed by atoms with Crippen LogP contribution in [0.2, 0.25) is 0 Å². The summed E-state index contributed by atoms with van der Waals surface area (Å²) in [6.45, 7) is 3.37. The molecular formula is C27H29N5O3. The highest BCUT2D eigenvalue weighted by Crippen LogP contribution is 2.29. The number of nitriles is 1. The molecule has 1 atom stereocenters. The number of anilines is 2. The fourth-order valence-electron chi connectivity index (χ4n) is 3.77. The number of aromatic nitrogens is 3. The molecule has 180 valence electrons. The van der Waals surface area contributed by atoms with Gasteiger partial charge in [0.1, 0.15) is 35.2 Å². The van der Waals surface area contributed by atoms with Crippen molar-refractivity contribution < 1.29 is 14.2 Å². The number of nitrogens with zero attached hydrogens (tertiary/aromatic N) is 4. The molecule has 1 aliphatic rings. The third-order valence-electron chi connectivity index (χ3n) is 5.67. The largest absolute Gasteiger partial charge is 0.492 e. The number of nitrogens with one attached hydrogen (secondary N) is 1. The Balaban J connectivity index is 1.52. The summed E-state index contributed by atoms with van der Waals surface area (Å²) >= 11 is 0. The summed E-state index contributed by atoms with van der Waals surface area (Å²) in [5, 5.41) is 12.9. The first kappa shape index (κ1) is 24.2. The fourth-order valence-corrected chi connectivity index (χ4v) is 3.77. The molecule has 2 aromatic heterocycles. The maximum absolute atomic E-state index is 9.72. The molecule has 1 N–H and O–H groups in total. The van der Waals surface area contributed by atoms with Crippen molar-refractivity contribution in [2.45, 2.75) is 38.7 Å². The predicted molar refractivity (Wildman–Crippen MR) is 134 cm³/mol. The first-order valence-electron chi connectivity index (χ1n) is 11.8. The number of ether oxygens (including phenoxy) is 3. The number of rotatable bonds is 10. The third-order valence-corrected chi connectivity index (χ3v) is 5.67. The van der Waals surface area contributed by atoms with Gasteiger partial charge in [-0.25, -0.2) is 9.97 Å². The Morgan fingerprint density at radius 3 is 2.83 bits per heavy atom. The van der Waals surface area contributed by atoms with Gasteiger partial charge in [0, 0.05) is 26.3 Å². The number of methoxy groups -OCH3 is 1. The highest BCUT2D eigenvalue weighted by Gasteiger charge is 2.14. The van der Waals surface area contributed by atoms with Crippen molar-refractivity contribution in [3.63, 3.8) is 0 Å². The quantitative estimate of drug-likeness (QED) is 0.414. The van der Waals surface area contributed by atoms with Gasteiger partial charge in [-0.1, -0.05) is 13.0 Å². The van der Waals surface area contributed by atoms with E-state index in [1.165, 1.54) is 0 Å². The second-order valence-electron chi connectivity index (χ2n) is 8.16. The van der Waals surface area contributed by atoms with Crippen LogP contribution in [0.3, 0.4) is 0 Å². The zero-order chi connectivity index (χ0) is 24.5. The Morgan fingerprint density at radius 2 is 2.06 bits per heavy atom. The summed E-state index contributed by atoms with van der Waals surface area (Å²) in [4.78, 5) is 13.3. The minimum Gasteiger partial charge on any atom is -0.492 e. The topological polar surface area (TPSA) is 102 Å². The van der Waals surface area contributed by atoms with Gasteiger partial charge in [0.15, 0.2) is 5.82 Å². The molecule has 0 fully saturated rings. The molecule has 4 rings (SSSR count). The molecule has 1 aromatic carbocycles. The van der Waals surface area contributed by atoms with Gasteiger partial charge in [0.2, 0.25) is 0 Å². The van der Waals surface area contributed by atoms with Crippen LogP contribution in [0.25, 0.3) is 16.9 Å². The van der Waals surface area contributed by atoms with E-state index in [9.17, 15) is 5.26 Å². The minimum absolute atomic E-state index is 0.00345. The molecule has 0 spiro atoms. The molecular weight excluding hydrogens is 442 g/mol. The van der Waals surface area contributed by atoms with E-state index in [-0.39, 0.29) is 6.10 Å². The van der Waals surface area contributed by atoms with Gasteiger partial charge in [-0.15, -0.1) is 0 Å². The van der Waals surface area contributed by atoms with Crippen molar-refractivity contribution in [1.82, 2.24) is 15.0 Å². The zero-order valence-electron chi connectivity index (χ0n) is 20.0. The molecule has 3 aromatic rings. The van der Waals surface area contributed by atoms with Gasteiger partial charge in [-0.05, 0) is 60.7 Å². The normalized spacial score (nSPS) is 13.8. The van der Waals surface area contributed by atoms with Gasteiger partial charge >= 0.3 is 0 Å². The fraction of sp³-hybridized carbons (Fsp3) is 0.333. The lowest BCUT2D eigenvalue weighted by atomic mass is 10.0. The molecule has 1 aliphatic heterocycles. The van der Waals surface area contributed by atoms with Crippen molar-refractivity contribution in [1.29, 1.82) is 5.26 Å². The number of benzene rings is 1. The van der Waals surface area contributed by atoms with Crippen molar-refractivity contribution in [2.24, 2.45) is 0 Å². The van der Waals surface area contributed by atoms with E-state index < -0.39 is 0 Å². The Hall–Kier alpha value is -3.96. The van der Waals surface area contributed by atoms with Crippen LogP contribution in [0.5, 0.6) is 5.75 Å². The maximum atomic E-state index is 9.72. The molecule has 0 aliphatic carbocycles. The van der Waals surface area contributed by atoms with E-state index in [2.05, 4.69) is 33.3 Å². The summed E-state index contributed by atoms with van der Waals surface area (Å²) in [6.07, 6.45) is 10.7. The molecule has 35 heavy (non-hydrogen) atoms. The molecule has 3 heterocycles. The monoisotopic (exact) mass is 471 g/mol. The van der Waals surface area contributed by atoms with Crippen LogP contribution in [0.1, 0.15) is 43.9 Å². The van der Waals surface area contributed by atoms with E-state index in [1.54, 1.807) is 25.7 Å². The van der Waals surface area contributed by atoms with Gasteiger partial charge in [-0.3, -0.25) is 4.98 Å². The van der Waals surface area contributed by atoms with Gasteiger partial charge < -0.3 is 19.5 Å². The van der Waals surface area contributed by atoms with Crippen LogP contribution in [0.4, 0.5) is 11.6 Å². The number of hydrogen-bond donors (Lipinski definition) is 1. The molecule has 0 saturated carbocycles. The molecule has 0 saturated heterocycles. The Bertz CT molecular complexity index is 1220. The van der Waals surface area contributed by atoms with E-state index >= 15 is 0 Å². The highest BCUT2D eigenvalue weighted by molar-refractivity contribution is 5.70. The summed E-state index contributed by atoms with van der Waals surface area (Å²) in [7, 11) is 1.67. The summed E-state index contributed by atoms with van der Waals surface area (Å²) in [5.41, 5.74) is 2.99. The van der Waals surface area contributed by atoms with Crippen LogP contribution in [-0.4, -0.2) is 41.4 Å². The maximum Gasteiger partial charge on any atom is 0.150 e. The summed E-state index contributed by atoms with van der Waals surface area (Å²) in [6, 6.07) is 11.7. The lowest BCUT2D eigenvalue weighted by molar-refractivity contribution is 0.123. The smallest absolute Gasteiger partial charge is 0.150 e. The minimum atomic E-state index is -0.00345. The molecule has 0 radical (unpaired) electrons. The summed E-state index contributed by atoms with van der Waals surface area (Å²) in [5.74, 6) is 2.54. The lowest BCUT2D eigenvalue weighted by Gasteiger charge is -2.18. The van der Waals surface area contributed by atoms with E-state index in [0.717, 1.165) is 42.6 Å². The lowest BCUT2D eigenvalue weighted by Crippen LogP contribution is -2.18.